The number of carbonyl (C=O) groups is 1. The molecule has 1 aromatic rings. The summed E-state index contributed by atoms with van der Waals surface area (Å²) >= 11 is 0. The number of methoxy groups -OCH3 is 2. The molecule has 5 nitrogen and oxygen atoms in total. The summed E-state index contributed by atoms with van der Waals surface area (Å²) in [7, 11) is 3.16. The van der Waals surface area contributed by atoms with Gasteiger partial charge in [0, 0.05) is 6.04 Å². The van der Waals surface area contributed by atoms with E-state index in [0.717, 1.165) is 12.0 Å². The predicted octanol–water partition coefficient (Wildman–Crippen LogP) is 2.46. The normalized spacial score (nSPS) is 15.1. The number of benzene rings is 1. The van der Waals surface area contributed by atoms with E-state index < -0.39 is 11.4 Å². The number of hydrogen-bond acceptors (Lipinski definition) is 4. The quantitative estimate of drug-likeness (QED) is 0.770. The minimum atomic E-state index is -0.832. The number of carboxylic acid groups (broad SMARTS) is 1. The zero-order valence-electron chi connectivity index (χ0n) is 13.2. The third-order valence-corrected chi connectivity index (χ3v) is 3.95. The lowest BCUT2D eigenvalue weighted by Crippen LogP contribution is -2.42. The molecule has 0 aliphatic rings. The van der Waals surface area contributed by atoms with Crippen molar-refractivity contribution in [3.8, 4) is 11.5 Å². The molecule has 21 heavy (non-hydrogen) atoms. The molecule has 118 valence electrons. The van der Waals surface area contributed by atoms with Crippen molar-refractivity contribution in [1.82, 2.24) is 0 Å². The van der Waals surface area contributed by atoms with Crippen LogP contribution in [0.1, 0.15) is 32.3 Å². The van der Waals surface area contributed by atoms with E-state index in [1.54, 1.807) is 14.2 Å². The van der Waals surface area contributed by atoms with E-state index in [4.69, 9.17) is 20.3 Å². The molecular weight excluding hydrogens is 270 g/mol. The molecule has 1 aromatic carbocycles. The van der Waals surface area contributed by atoms with Gasteiger partial charge < -0.3 is 20.3 Å². The first-order valence-corrected chi connectivity index (χ1v) is 7.04. The SMILES string of the molecule is CCC(N)C(C)(CC(=O)O)Cc1ccc(OC)c(OC)c1. The largest absolute Gasteiger partial charge is 0.493 e. The van der Waals surface area contributed by atoms with Gasteiger partial charge in [0.2, 0.25) is 0 Å². The first-order valence-electron chi connectivity index (χ1n) is 7.04. The highest BCUT2D eigenvalue weighted by Gasteiger charge is 2.33. The van der Waals surface area contributed by atoms with Crippen molar-refractivity contribution in [2.75, 3.05) is 14.2 Å². The molecule has 0 aromatic heterocycles. The summed E-state index contributed by atoms with van der Waals surface area (Å²) in [5.74, 6) is 0.459. The van der Waals surface area contributed by atoms with E-state index >= 15 is 0 Å². The molecule has 0 fully saturated rings. The molecule has 0 radical (unpaired) electrons. The highest BCUT2D eigenvalue weighted by Crippen LogP contribution is 2.35. The fraction of sp³-hybridized carbons (Fsp3) is 0.562. The van der Waals surface area contributed by atoms with Gasteiger partial charge in [-0.1, -0.05) is 19.9 Å². The Morgan fingerprint density at radius 3 is 2.43 bits per heavy atom. The topological polar surface area (TPSA) is 81.8 Å². The molecular formula is C16H25NO4. The summed E-state index contributed by atoms with van der Waals surface area (Å²) in [4.78, 5) is 11.1. The van der Waals surface area contributed by atoms with Crippen LogP contribution < -0.4 is 15.2 Å². The Hall–Kier alpha value is -1.75. The Kier molecular flexibility index (Phi) is 6.03. The van der Waals surface area contributed by atoms with Crippen molar-refractivity contribution in [1.29, 1.82) is 0 Å². The molecule has 0 spiro atoms. The molecule has 0 heterocycles. The van der Waals surface area contributed by atoms with E-state index in [1.807, 2.05) is 32.0 Å². The fourth-order valence-corrected chi connectivity index (χ4v) is 2.62. The van der Waals surface area contributed by atoms with Crippen molar-refractivity contribution < 1.29 is 19.4 Å². The lowest BCUT2D eigenvalue weighted by atomic mass is 9.74. The van der Waals surface area contributed by atoms with Crippen LogP contribution in [-0.4, -0.2) is 31.3 Å². The number of rotatable bonds is 8. The van der Waals surface area contributed by atoms with Crippen LogP contribution in [0, 0.1) is 5.41 Å². The molecule has 0 saturated carbocycles. The number of hydrogen-bond donors (Lipinski definition) is 2. The van der Waals surface area contributed by atoms with Crippen molar-refractivity contribution in [2.45, 2.75) is 39.2 Å². The third kappa shape index (κ3) is 4.36. The lowest BCUT2D eigenvalue weighted by Gasteiger charge is -2.34. The fourth-order valence-electron chi connectivity index (χ4n) is 2.62. The minimum absolute atomic E-state index is 0.0380. The maximum Gasteiger partial charge on any atom is 0.303 e. The van der Waals surface area contributed by atoms with Crippen molar-refractivity contribution in [3.05, 3.63) is 23.8 Å². The van der Waals surface area contributed by atoms with Gasteiger partial charge in [-0.2, -0.15) is 0 Å². The zero-order chi connectivity index (χ0) is 16.0. The van der Waals surface area contributed by atoms with E-state index in [0.29, 0.717) is 17.9 Å². The van der Waals surface area contributed by atoms with Crippen molar-refractivity contribution >= 4 is 5.97 Å². The maximum absolute atomic E-state index is 11.1. The molecule has 0 bridgehead atoms. The average molecular weight is 295 g/mol. The first kappa shape index (κ1) is 17.3. The highest BCUT2D eigenvalue weighted by atomic mass is 16.5. The van der Waals surface area contributed by atoms with Crippen molar-refractivity contribution in [3.63, 3.8) is 0 Å². The molecule has 2 unspecified atom stereocenters. The number of nitrogens with two attached hydrogens (primary N) is 1. The van der Waals surface area contributed by atoms with Gasteiger partial charge in [0.1, 0.15) is 0 Å². The zero-order valence-corrected chi connectivity index (χ0v) is 13.2. The molecule has 2 atom stereocenters. The van der Waals surface area contributed by atoms with Crippen molar-refractivity contribution in [2.24, 2.45) is 11.1 Å². The summed E-state index contributed by atoms with van der Waals surface area (Å²) in [5.41, 5.74) is 6.64. The van der Waals surface area contributed by atoms with Gasteiger partial charge >= 0.3 is 5.97 Å². The summed E-state index contributed by atoms with van der Waals surface area (Å²) in [6.45, 7) is 3.89. The van der Waals surface area contributed by atoms with Crippen LogP contribution in [0.25, 0.3) is 0 Å². The first-order chi connectivity index (χ1) is 9.86. The Morgan fingerprint density at radius 2 is 1.95 bits per heavy atom. The van der Waals surface area contributed by atoms with E-state index in [2.05, 4.69) is 0 Å². The van der Waals surface area contributed by atoms with E-state index in [-0.39, 0.29) is 12.5 Å². The third-order valence-electron chi connectivity index (χ3n) is 3.95. The van der Waals surface area contributed by atoms with Crippen LogP contribution in [-0.2, 0) is 11.2 Å². The predicted molar refractivity (Wildman–Crippen MR) is 81.9 cm³/mol. The smallest absolute Gasteiger partial charge is 0.303 e. The van der Waals surface area contributed by atoms with Crippen LogP contribution >= 0.6 is 0 Å². The standard InChI is InChI=1S/C16H25NO4/c1-5-14(17)16(2,10-15(18)19)9-11-6-7-12(20-3)13(8-11)21-4/h6-8,14H,5,9-10,17H2,1-4H3,(H,18,19). The van der Waals surface area contributed by atoms with Gasteiger partial charge in [-0.3, -0.25) is 4.79 Å². The molecule has 0 saturated heterocycles. The van der Waals surface area contributed by atoms with Crippen LogP contribution in [0.3, 0.4) is 0 Å². The second-order valence-corrected chi connectivity index (χ2v) is 5.61. The van der Waals surface area contributed by atoms with Gasteiger partial charge in [-0.05, 0) is 36.0 Å². The Balaban J connectivity index is 3.06. The van der Waals surface area contributed by atoms with Gasteiger partial charge in [-0.25, -0.2) is 0 Å². The van der Waals surface area contributed by atoms with Crippen LogP contribution in [0.15, 0.2) is 18.2 Å². The molecule has 0 aliphatic heterocycles. The Bertz CT molecular complexity index is 489. The van der Waals surface area contributed by atoms with Gasteiger partial charge in [0.15, 0.2) is 11.5 Å². The number of ether oxygens (including phenoxy) is 2. The van der Waals surface area contributed by atoms with E-state index in [9.17, 15) is 4.79 Å². The minimum Gasteiger partial charge on any atom is -0.493 e. The van der Waals surface area contributed by atoms with Crippen LogP contribution in [0.5, 0.6) is 11.5 Å². The number of carboxylic acids is 1. The van der Waals surface area contributed by atoms with Gasteiger partial charge in [0.05, 0.1) is 20.6 Å². The monoisotopic (exact) mass is 295 g/mol. The van der Waals surface area contributed by atoms with Crippen LogP contribution in [0.4, 0.5) is 0 Å². The molecule has 1 rings (SSSR count). The molecule has 0 amide bonds. The average Bonchev–Trinajstić information content (AvgIpc) is 2.45. The molecule has 0 aliphatic carbocycles. The number of aliphatic carboxylic acids is 1. The Labute approximate surface area is 126 Å². The summed E-state index contributed by atoms with van der Waals surface area (Å²) in [6.07, 6.45) is 1.35. The summed E-state index contributed by atoms with van der Waals surface area (Å²) in [6, 6.07) is 5.44. The Morgan fingerprint density at radius 1 is 1.33 bits per heavy atom. The maximum atomic E-state index is 11.1. The van der Waals surface area contributed by atoms with E-state index in [1.165, 1.54) is 0 Å². The second-order valence-electron chi connectivity index (χ2n) is 5.61. The van der Waals surface area contributed by atoms with Gasteiger partial charge in [0.25, 0.3) is 0 Å². The second kappa shape index (κ2) is 7.31. The molecule has 3 N–H and O–H groups in total. The summed E-state index contributed by atoms with van der Waals surface area (Å²) in [5, 5.41) is 9.15. The highest BCUT2D eigenvalue weighted by molar-refractivity contribution is 5.68. The van der Waals surface area contributed by atoms with Crippen LogP contribution in [0.2, 0.25) is 0 Å². The molecule has 5 heteroatoms. The summed E-state index contributed by atoms with van der Waals surface area (Å²) < 4.78 is 10.5. The van der Waals surface area contributed by atoms with Gasteiger partial charge in [-0.15, -0.1) is 0 Å². The lowest BCUT2D eigenvalue weighted by molar-refractivity contribution is -0.139.